The zero-order valence-corrected chi connectivity index (χ0v) is 12.7. The monoisotopic (exact) mass is 302 g/mol. The van der Waals surface area contributed by atoms with Gasteiger partial charge in [-0.3, -0.25) is 4.31 Å². The summed E-state index contributed by atoms with van der Waals surface area (Å²) in [5.74, 6) is 0. The molecule has 1 aliphatic rings. The fourth-order valence-electron chi connectivity index (χ4n) is 2.67. The van der Waals surface area contributed by atoms with Crippen molar-refractivity contribution in [3.05, 3.63) is 54.1 Å². The molecule has 0 atom stereocenters. The molecule has 5 heteroatoms. The molecule has 1 N–H and O–H groups in total. The summed E-state index contributed by atoms with van der Waals surface area (Å²) in [7, 11) is -1.68. The van der Waals surface area contributed by atoms with Gasteiger partial charge >= 0.3 is 0 Å². The number of aryl methyl sites for hydroxylation is 1. The normalized spacial score (nSPS) is 14.6. The van der Waals surface area contributed by atoms with Gasteiger partial charge in [0, 0.05) is 19.3 Å². The molecule has 1 aliphatic heterocycles. The molecule has 0 unspecified atom stereocenters. The van der Waals surface area contributed by atoms with Crippen LogP contribution < -0.4 is 9.62 Å². The largest absolute Gasteiger partial charge is 0.388 e. The van der Waals surface area contributed by atoms with Gasteiger partial charge in [0.05, 0.1) is 10.6 Å². The molecule has 0 saturated heterocycles. The van der Waals surface area contributed by atoms with Gasteiger partial charge in [-0.15, -0.1) is 0 Å². The number of fused-ring (bicyclic) bond motifs is 1. The van der Waals surface area contributed by atoms with Crippen molar-refractivity contribution < 1.29 is 8.42 Å². The number of hydrogen-bond acceptors (Lipinski definition) is 3. The predicted octanol–water partition coefficient (Wildman–Crippen LogP) is 2.87. The van der Waals surface area contributed by atoms with Gasteiger partial charge < -0.3 is 5.32 Å². The molecule has 0 fully saturated rings. The second-order valence-corrected chi connectivity index (χ2v) is 6.95. The number of rotatable bonds is 3. The maximum atomic E-state index is 12.9. The highest BCUT2D eigenvalue weighted by molar-refractivity contribution is 7.92. The highest BCUT2D eigenvalue weighted by atomic mass is 32.2. The zero-order chi connectivity index (χ0) is 14.9. The molecule has 0 amide bonds. The van der Waals surface area contributed by atoms with E-state index < -0.39 is 10.0 Å². The number of sulfonamides is 1. The Hall–Kier alpha value is -2.01. The van der Waals surface area contributed by atoms with Gasteiger partial charge in [0.2, 0.25) is 0 Å². The van der Waals surface area contributed by atoms with E-state index in [1.807, 2.05) is 31.3 Å². The van der Waals surface area contributed by atoms with E-state index >= 15 is 0 Å². The van der Waals surface area contributed by atoms with E-state index in [0.717, 1.165) is 29.8 Å². The van der Waals surface area contributed by atoms with Crippen LogP contribution >= 0.6 is 0 Å². The predicted molar refractivity (Wildman–Crippen MR) is 85.3 cm³/mol. The number of para-hydroxylation sites is 1. The topological polar surface area (TPSA) is 49.4 Å². The van der Waals surface area contributed by atoms with E-state index in [-0.39, 0.29) is 0 Å². The van der Waals surface area contributed by atoms with Crippen LogP contribution in [0, 0.1) is 0 Å². The van der Waals surface area contributed by atoms with E-state index in [1.165, 1.54) is 4.31 Å². The van der Waals surface area contributed by atoms with Crippen LogP contribution in [0.15, 0.2) is 53.4 Å². The van der Waals surface area contributed by atoms with Crippen LogP contribution in [-0.2, 0) is 16.4 Å². The first-order valence-corrected chi connectivity index (χ1v) is 8.45. The third kappa shape index (κ3) is 2.49. The molecule has 0 bridgehead atoms. The standard InChI is InChI=1S/C16H18N2O2S/c1-17-14-8-10-15(11-9-14)21(19,20)18-12-4-6-13-5-2-3-7-16(13)18/h2-3,5,7-11,17H,4,6,12H2,1H3. The fraction of sp³-hybridized carbons (Fsp3) is 0.250. The average Bonchev–Trinajstić information content (AvgIpc) is 2.54. The first kappa shape index (κ1) is 13.9. The number of nitrogens with zero attached hydrogens (tertiary/aromatic N) is 1. The summed E-state index contributed by atoms with van der Waals surface area (Å²) in [5.41, 5.74) is 2.80. The van der Waals surface area contributed by atoms with Crippen LogP contribution in [0.25, 0.3) is 0 Å². The summed E-state index contributed by atoms with van der Waals surface area (Å²) in [5, 5.41) is 2.99. The zero-order valence-electron chi connectivity index (χ0n) is 11.9. The second-order valence-electron chi connectivity index (χ2n) is 5.08. The Morgan fingerprint density at radius 1 is 1.05 bits per heavy atom. The lowest BCUT2D eigenvalue weighted by molar-refractivity contribution is 0.586. The number of anilines is 2. The summed E-state index contributed by atoms with van der Waals surface area (Å²) in [6.45, 7) is 0.535. The molecular formula is C16H18N2O2S. The van der Waals surface area contributed by atoms with Crippen LogP contribution in [0.5, 0.6) is 0 Å². The van der Waals surface area contributed by atoms with Gasteiger partial charge in [-0.1, -0.05) is 18.2 Å². The maximum Gasteiger partial charge on any atom is 0.264 e. The van der Waals surface area contributed by atoms with Crippen molar-refractivity contribution in [2.75, 3.05) is 23.2 Å². The van der Waals surface area contributed by atoms with Crippen molar-refractivity contribution in [3.8, 4) is 0 Å². The summed E-state index contributed by atoms with van der Waals surface area (Å²) in [6.07, 6.45) is 1.78. The Kier molecular flexibility index (Phi) is 3.59. The summed E-state index contributed by atoms with van der Waals surface area (Å²) in [6, 6.07) is 14.6. The summed E-state index contributed by atoms with van der Waals surface area (Å²) < 4.78 is 27.2. The van der Waals surface area contributed by atoms with Gasteiger partial charge in [-0.05, 0) is 48.7 Å². The molecule has 1 heterocycles. The molecule has 0 saturated carbocycles. The maximum absolute atomic E-state index is 12.9. The minimum atomic E-state index is -3.49. The van der Waals surface area contributed by atoms with E-state index in [4.69, 9.17) is 0 Å². The van der Waals surface area contributed by atoms with Gasteiger partial charge in [-0.25, -0.2) is 8.42 Å². The third-order valence-electron chi connectivity index (χ3n) is 3.80. The van der Waals surface area contributed by atoms with E-state index in [9.17, 15) is 8.42 Å². The molecule has 0 radical (unpaired) electrons. The van der Waals surface area contributed by atoms with Crippen LogP contribution in [-0.4, -0.2) is 22.0 Å². The smallest absolute Gasteiger partial charge is 0.264 e. The lowest BCUT2D eigenvalue weighted by Gasteiger charge is -2.30. The van der Waals surface area contributed by atoms with Gasteiger partial charge in [0.1, 0.15) is 0 Å². The number of nitrogens with one attached hydrogen (secondary N) is 1. The Labute approximate surface area is 125 Å². The molecule has 3 rings (SSSR count). The average molecular weight is 302 g/mol. The van der Waals surface area contributed by atoms with Crippen LogP contribution in [0.3, 0.4) is 0 Å². The van der Waals surface area contributed by atoms with Crippen molar-refractivity contribution in [1.29, 1.82) is 0 Å². The quantitative estimate of drug-likeness (QED) is 0.948. The highest BCUT2D eigenvalue weighted by Gasteiger charge is 2.28. The van der Waals surface area contributed by atoms with Crippen molar-refractivity contribution in [2.45, 2.75) is 17.7 Å². The minimum absolute atomic E-state index is 0.332. The van der Waals surface area contributed by atoms with Crippen molar-refractivity contribution in [1.82, 2.24) is 0 Å². The Morgan fingerprint density at radius 3 is 2.48 bits per heavy atom. The Balaban J connectivity index is 2.02. The first-order valence-electron chi connectivity index (χ1n) is 7.01. The number of benzene rings is 2. The van der Waals surface area contributed by atoms with E-state index in [1.54, 1.807) is 24.3 Å². The van der Waals surface area contributed by atoms with E-state index in [2.05, 4.69) is 5.32 Å². The molecule has 2 aromatic rings. The molecule has 4 nitrogen and oxygen atoms in total. The van der Waals surface area contributed by atoms with Crippen molar-refractivity contribution in [3.63, 3.8) is 0 Å². The first-order chi connectivity index (χ1) is 10.1. The van der Waals surface area contributed by atoms with Crippen LogP contribution in [0.2, 0.25) is 0 Å². The van der Waals surface area contributed by atoms with Crippen molar-refractivity contribution >= 4 is 21.4 Å². The minimum Gasteiger partial charge on any atom is -0.388 e. The highest BCUT2D eigenvalue weighted by Crippen LogP contribution is 2.31. The van der Waals surface area contributed by atoms with Crippen molar-refractivity contribution in [2.24, 2.45) is 0 Å². The molecule has 0 spiro atoms. The summed E-state index contributed by atoms with van der Waals surface area (Å²) in [4.78, 5) is 0.332. The summed E-state index contributed by atoms with van der Waals surface area (Å²) >= 11 is 0. The van der Waals surface area contributed by atoms with Crippen LogP contribution in [0.1, 0.15) is 12.0 Å². The second kappa shape index (κ2) is 5.41. The Morgan fingerprint density at radius 2 is 1.76 bits per heavy atom. The molecule has 0 aliphatic carbocycles. The van der Waals surface area contributed by atoms with Gasteiger partial charge in [0.25, 0.3) is 10.0 Å². The van der Waals surface area contributed by atoms with E-state index in [0.29, 0.717) is 11.4 Å². The fourth-order valence-corrected chi connectivity index (χ4v) is 4.21. The van der Waals surface area contributed by atoms with Crippen LogP contribution in [0.4, 0.5) is 11.4 Å². The molecule has 0 aromatic heterocycles. The van der Waals surface area contributed by atoms with Gasteiger partial charge in [-0.2, -0.15) is 0 Å². The lowest BCUT2D eigenvalue weighted by atomic mass is 10.0. The Bertz CT molecular complexity index is 739. The molecule has 110 valence electrons. The lowest BCUT2D eigenvalue weighted by Crippen LogP contribution is -2.35. The number of hydrogen-bond donors (Lipinski definition) is 1. The third-order valence-corrected chi connectivity index (χ3v) is 5.63. The molecule has 2 aromatic carbocycles. The molecule has 21 heavy (non-hydrogen) atoms. The molecular weight excluding hydrogens is 284 g/mol. The SMILES string of the molecule is CNc1ccc(S(=O)(=O)N2CCCc3ccccc32)cc1. The van der Waals surface area contributed by atoms with Gasteiger partial charge in [0.15, 0.2) is 0 Å².